The summed E-state index contributed by atoms with van der Waals surface area (Å²) < 4.78 is 0. The van der Waals surface area contributed by atoms with Crippen molar-refractivity contribution in [2.24, 2.45) is 5.41 Å². The fraction of sp³-hybridized carbons (Fsp3) is 0.533. The van der Waals surface area contributed by atoms with Crippen molar-refractivity contribution >= 4 is 21.8 Å². The molecule has 0 saturated carbocycles. The molecule has 0 heterocycles. The summed E-state index contributed by atoms with van der Waals surface area (Å²) in [6.07, 6.45) is 0.590. The fourth-order valence-corrected chi connectivity index (χ4v) is 2.19. The van der Waals surface area contributed by atoms with Crippen molar-refractivity contribution < 1.29 is 4.79 Å². The first-order valence-electron chi connectivity index (χ1n) is 6.30. The standard InChI is InChI=1S/C15H22BrNO/c1-15(2,3)11-14(18)17(10-9-16)12-13-7-5-4-6-8-13/h4-8H,9-12H2,1-3H3. The smallest absolute Gasteiger partial charge is 0.223 e. The van der Waals surface area contributed by atoms with Gasteiger partial charge in [0.25, 0.3) is 0 Å². The van der Waals surface area contributed by atoms with Gasteiger partial charge in [-0.25, -0.2) is 0 Å². The molecule has 100 valence electrons. The van der Waals surface area contributed by atoms with Crippen molar-refractivity contribution in [1.29, 1.82) is 0 Å². The van der Waals surface area contributed by atoms with E-state index in [1.807, 2.05) is 23.1 Å². The van der Waals surface area contributed by atoms with Crippen LogP contribution < -0.4 is 0 Å². The lowest BCUT2D eigenvalue weighted by Gasteiger charge is -2.26. The minimum Gasteiger partial charge on any atom is -0.338 e. The summed E-state index contributed by atoms with van der Waals surface area (Å²) in [7, 11) is 0. The molecule has 0 aliphatic rings. The lowest BCUT2D eigenvalue weighted by atomic mass is 9.91. The number of hydrogen-bond donors (Lipinski definition) is 0. The lowest BCUT2D eigenvalue weighted by molar-refractivity contribution is -0.133. The van der Waals surface area contributed by atoms with E-state index in [1.165, 1.54) is 5.56 Å². The van der Waals surface area contributed by atoms with Crippen LogP contribution >= 0.6 is 15.9 Å². The van der Waals surface area contributed by atoms with Crippen LogP contribution in [-0.4, -0.2) is 22.7 Å². The van der Waals surface area contributed by atoms with Crippen molar-refractivity contribution in [3.8, 4) is 0 Å². The summed E-state index contributed by atoms with van der Waals surface area (Å²) in [6.45, 7) is 7.74. The molecule has 18 heavy (non-hydrogen) atoms. The van der Waals surface area contributed by atoms with Crippen molar-refractivity contribution in [3.05, 3.63) is 35.9 Å². The van der Waals surface area contributed by atoms with Gasteiger partial charge in [-0.15, -0.1) is 0 Å². The van der Waals surface area contributed by atoms with Gasteiger partial charge < -0.3 is 4.90 Å². The Morgan fingerprint density at radius 2 is 1.83 bits per heavy atom. The highest BCUT2D eigenvalue weighted by Crippen LogP contribution is 2.20. The van der Waals surface area contributed by atoms with Gasteiger partial charge in [0.1, 0.15) is 0 Å². The number of alkyl halides is 1. The molecule has 0 spiro atoms. The molecule has 0 atom stereocenters. The highest BCUT2D eigenvalue weighted by Gasteiger charge is 2.20. The second kappa shape index (κ2) is 6.93. The van der Waals surface area contributed by atoms with Crippen LogP contribution in [-0.2, 0) is 11.3 Å². The topological polar surface area (TPSA) is 20.3 Å². The van der Waals surface area contributed by atoms with Gasteiger partial charge in [0.15, 0.2) is 0 Å². The van der Waals surface area contributed by atoms with E-state index in [4.69, 9.17) is 0 Å². The monoisotopic (exact) mass is 311 g/mol. The van der Waals surface area contributed by atoms with Gasteiger partial charge in [0.2, 0.25) is 5.91 Å². The minimum atomic E-state index is 0.0400. The maximum Gasteiger partial charge on any atom is 0.223 e. The van der Waals surface area contributed by atoms with E-state index >= 15 is 0 Å². The van der Waals surface area contributed by atoms with Crippen molar-refractivity contribution in [1.82, 2.24) is 4.90 Å². The van der Waals surface area contributed by atoms with Gasteiger partial charge in [0, 0.05) is 24.8 Å². The highest BCUT2D eigenvalue weighted by atomic mass is 79.9. The lowest BCUT2D eigenvalue weighted by Crippen LogP contribution is -2.34. The first kappa shape index (κ1) is 15.2. The Bertz CT molecular complexity index is 370. The summed E-state index contributed by atoms with van der Waals surface area (Å²) >= 11 is 3.42. The van der Waals surface area contributed by atoms with E-state index in [-0.39, 0.29) is 11.3 Å². The van der Waals surface area contributed by atoms with Crippen LogP contribution in [0.25, 0.3) is 0 Å². The molecule has 1 aromatic carbocycles. The zero-order valence-electron chi connectivity index (χ0n) is 11.4. The van der Waals surface area contributed by atoms with Crippen LogP contribution in [0.15, 0.2) is 30.3 Å². The molecule has 2 nitrogen and oxygen atoms in total. The number of carbonyl (C=O) groups is 1. The molecule has 0 saturated heterocycles. The Morgan fingerprint density at radius 1 is 1.22 bits per heavy atom. The predicted octanol–water partition coefficient (Wildman–Crippen LogP) is 3.85. The quantitative estimate of drug-likeness (QED) is 0.756. The van der Waals surface area contributed by atoms with Crippen LogP contribution in [0.4, 0.5) is 0 Å². The number of rotatable bonds is 5. The first-order valence-corrected chi connectivity index (χ1v) is 7.42. The van der Waals surface area contributed by atoms with Gasteiger partial charge in [-0.2, -0.15) is 0 Å². The van der Waals surface area contributed by atoms with Crippen LogP contribution in [0, 0.1) is 5.41 Å². The zero-order chi connectivity index (χ0) is 13.6. The molecule has 0 fully saturated rings. The van der Waals surface area contributed by atoms with E-state index in [0.717, 1.165) is 11.9 Å². The molecular weight excluding hydrogens is 290 g/mol. The molecule has 0 radical (unpaired) electrons. The Morgan fingerprint density at radius 3 is 2.33 bits per heavy atom. The van der Waals surface area contributed by atoms with E-state index < -0.39 is 0 Å². The van der Waals surface area contributed by atoms with E-state index in [1.54, 1.807) is 0 Å². The van der Waals surface area contributed by atoms with Crippen LogP contribution in [0.3, 0.4) is 0 Å². The normalized spacial score (nSPS) is 11.3. The molecule has 0 N–H and O–H groups in total. The fourth-order valence-electron chi connectivity index (χ4n) is 1.76. The van der Waals surface area contributed by atoms with Gasteiger partial charge in [-0.1, -0.05) is 67.0 Å². The molecular formula is C15H22BrNO. The van der Waals surface area contributed by atoms with Gasteiger partial charge >= 0.3 is 0 Å². The maximum atomic E-state index is 12.3. The van der Waals surface area contributed by atoms with E-state index in [2.05, 4.69) is 48.8 Å². The predicted molar refractivity (Wildman–Crippen MR) is 79.7 cm³/mol. The van der Waals surface area contributed by atoms with Crippen molar-refractivity contribution in [3.63, 3.8) is 0 Å². The summed E-state index contributed by atoms with van der Waals surface area (Å²) in [5.74, 6) is 0.228. The van der Waals surface area contributed by atoms with Gasteiger partial charge in [-0.05, 0) is 11.0 Å². The third-order valence-electron chi connectivity index (χ3n) is 2.60. The van der Waals surface area contributed by atoms with E-state index in [9.17, 15) is 4.79 Å². The summed E-state index contributed by atoms with van der Waals surface area (Å²) in [5.41, 5.74) is 1.22. The molecule has 0 bridgehead atoms. The number of halogens is 1. The summed E-state index contributed by atoms with van der Waals surface area (Å²) in [5, 5.41) is 0.815. The number of hydrogen-bond acceptors (Lipinski definition) is 1. The van der Waals surface area contributed by atoms with E-state index in [0.29, 0.717) is 13.0 Å². The Labute approximate surface area is 119 Å². The van der Waals surface area contributed by atoms with Gasteiger partial charge in [0.05, 0.1) is 0 Å². The zero-order valence-corrected chi connectivity index (χ0v) is 13.0. The molecule has 1 amide bonds. The first-order chi connectivity index (χ1) is 8.42. The second-order valence-electron chi connectivity index (χ2n) is 5.73. The molecule has 0 unspecified atom stereocenters. The molecule has 0 aromatic heterocycles. The molecule has 0 aliphatic carbocycles. The number of benzene rings is 1. The van der Waals surface area contributed by atoms with Gasteiger partial charge in [-0.3, -0.25) is 4.79 Å². The highest BCUT2D eigenvalue weighted by molar-refractivity contribution is 9.09. The number of amides is 1. The van der Waals surface area contributed by atoms with Crippen LogP contribution in [0.2, 0.25) is 0 Å². The largest absolute Gasteiger partial charge is 0.338 e. The third-order valence-corrected chi connectivity index (χ3v) is 2.96. The van der Waals surface area contributed by atoms with Crippen LogP contribution in [0.1, 0.15) is 32.8 Å². The van der Waals surface area contributed by atoms with Crippen molar-refractivity contribution in [2.75, 3.05) is 11.9 Å². The average Bonchev–Trinajstić information content (AvgIpc) is 2.27. The Kier molecular flexibility index (Phi) is 5.86. The molecule has 3 heteroatoms. The second-order valence-corrected chi connectivity index (χ2v) is 6.52. The Balaban J connectivity index is 2.68. The molecule has 1 aromatic rings. The van der Waals surface area contributed by atoms with Crippen LogP contribution in [0.5, 0.6) is 0 Å². The Hall–Kier alpha value is -0.830. The third kappa shape index (κ3) is 5.67. The molecule has 0 aliphatic heterocycles. The maximum absolute atomic E-state index is 12.3. The summed E-state index contributed by atoms with van der Waals surface area (Å²) in [4.78, 5) is 14.2. The number of nitrogens with zero attached hydrogens (tertiary/aromatic N) is 1. The SMILES string of the molecule is CC(C)(C)CC(=O)N(CCBr)Cc1ccccc1. The summed E-state index contributed by atoms with van der Waals surface area (Å²) in [6, 6.07) is 10.1. The molecule has 1 rings (SSSR count). The number of carbonyl (C=O) groups excluding carboxylic acids is 1. The van der Waals surface area contributed by atoms with Crippen molar-refractivity contribution in [2.45, 2.75) is 33.7 Å². The average molecular weight is 312 g/mol. The minimum absolute atomic E-state index is 0.0400.